The molecule has 0 saturated heterocycles. The van der Waals surface area contributed by atoms with Crippen molar-refractivity contribution in [3.05, 3.63) is 101 Å². The fourth-order valence-corrected chi connectivity index (χ4v) is 5.55. The van der Waals surface area contributed by atoms with Crippen molar-refractivity contribution >= 4 is 28.9 Å². The molecule has 0 unspecified atom stereocenters. The predicted octanol–water partition coefficient (Wildman–Crippen LogP) is 6.81. The van der Waals surface area contributed by atoms with Crippen LogP contribution in [0.1, 0.15) is 40.9 Å². The fraction of sp³-hybridized carbons (Fsp3) is 0.212. The smallest absolute Gasteiger partial charge is 0.343 e. The summed E-state index contributed by atoms with van der Waals surface area (Å²) < 4.78 is 25.8. The second-order valence-corrected chi connectivity index (χ2v) is 11.0. The Labute approximate surface area is 238 Å². The van der Waals surface area contributed by atoms with Gasteiger partial charge in [-0.05, 0) is 81.3 Å². The number of hydrogen-bond donors (Lipinski definition) is 1. The molecule has 0 radical (unpaired) electrons. The Balaban J connectivity index is 1.43. The number of amides is 1. The molecule has 2 aliphatic heterocycles. The topological polar surface area (TPSA) is 71.1 Å². The minimum Gasteiger partial charge on any atom is -0.496 e. The number of halogens is 1. The molecular formula is C33H30FN3O4. The van der Waals surface area contributed by atoms with Crippen molar-refractivity contribution in [3.8, 4) is 22.6 Å². The van der Waals surface area contributed by atoms with Gasteiger partial charge in [0.2, 0.25) is 0 Å². The van der Waals surface area contributed by atoms with Crippen molar-refractivity contribution in [3.63, 3.8) is 0 Å². The number of rotatable bonds is 5. The molecule has 8 heteroatoms. The summed E-state index contributed by atoms with van der Waals surface area (Å²) >= 11 is 0. The Kier molecular flexibility index (Phi) is 6.21. The van der Waals surface area contributed by atoms with E-state index in [0.717, 1.165) is 39.2 Å². The highest BCUT2D eigenvalue weighted by Crippen LogP contribution is 2.50. The van der Waals surface area contributed by atoms with Crippen LogP contribution in [0.3, 0.4) is 0 Å². The van der Waals surface area contributed by atoms with Crippen LogP contribution in [-0.4, -0.2) is 24.5 Å². The van der Waals surface area contributed by atoms with Gasteiger partial charge in [-0.25, -0.2) is 14.2 Å². The van der Waals surface area contributed by atoms with Crippen molar-refractivity contribution in [2.75, 3.05) is 22.4 Å². The molecule has 0 saturated carbocycles. The first-order valence-electron chi connectivity index (χ1n) is 13.4. The minimum atomic E-state index is -0.865. The van der Waals surface area contributed by atoms with Gasteiger partial charge in [-0.1, -0.05) is 29.8 Å². The summed E-state index contributed by atoms with van der Waals surface area (Å²) in [5, 5.41) is 6.87. The monoisotopic (exact) mass is 551 g/mol. The van der Waals surface area contributed by atoms with E-state index in [4.69, 9.17) is 9.47 Å². The molecule has 0 aromatic heterocycles. The van der Waals surface area contributed by atoms with Crippen LogP contribution in [0.25, 0.3) is 11.1 Å². The molecule has 1 N–H and O–H groups in total. The van der Waals surface area contributed by atoms with Crippen LogP contribution < -0.4 is 24.8 Å². The molecule has 7 nitrogen and oxygen atoms in total. The van der Waals surface area contributed by atoms with E-state index in [0.29, 0.717) is 29.3 Å². The van der Waals surface area contributed by atoms with Gasteiger partial charge in [-0.15, -0.1) is 0 Å². The largest absolute Gasteiger partial charge is 0.496 e. The molecular weight excluding hydrogens is 521 g/mol. The summed E-state index contributed by atoms with van der Waals surface area (Å²) in [6.07, 6.45) is 0. The highest BCUT2D eigenvalue weighted by Gasteiger charge is 2.47. The lowest BCUT2D eigenvalue weighted by atomic mass is 9.93. The van der Waals surface area contributed by atoms with E-state index in [9.17, 15) is 14.0 Å². The van der Waals surface area contributed by atoms with Crippen molar-refractivity contribution in [2.45, 2.75) is 39.8 Å². The first-order valence-corrected chi connectivity index (χ1v) is 13.4. The normalized spacial score (nSPS) is 14.9. The van der Waals surface area contributed by atoms with E-state index in [1.165, 1.54) is 12.1 Å². The third-order valence-electron chi connectivity index (χ3n) is 7.59. The van der Waals surface area contributed by atoms with Gasteiger partial charge in [0.15, 0.2) is 0 Å². The van der Waals surface area contributed by atoms with E-state index in [-0.39, 0.29) is 11.7 Å². The number of methoxy groups -OCH3 is 1. The summed E-state index contributed by atoms with van der Waals surface area (Å²) in [6.45, 7) is 7.83. The zero-order valence-electron chi connectivity index (χ0n) is 23.5. The summed E-state index contributed by atoms with van der Waals surface area (Å²) in [5.74, 6) is -0.113. The number of anilines is 3. The van der Waals surface area contributed by atoms with Crippen LogP contribution >= 0.6 is 0 Å². The van der Waals surface area contributed by atoms with Gasteiger partial charge < -0.3 is 14.8 Å². The molecule has 1 amide bonds. The predicted molar refractivity (Wildman–Crippen MR) is 157 cm³/mol. The Morgan fingerprint density at radius 1 is 0.976 bits per heavy atom. The average molecular weight is 552 g/mol. The van der Waals surface area contributed by atoms with E-state index < -0.39 is 11.5 Å². The number of nitrogens with zero attached hydrogens (tertiary/aromatic N) is 2. The van der Waals surface area contributed by atoms with E-state index in [1.54, 1.807) is 42.5 Å². The van der Waals surface area contributed by atoms with Crippen LogP contribution in [0.2, 0.25) is 0 Å². The van der Waals surface area contributed by atoms with Crippen LogP contribution in [-0.2, 0) is 11.3 Å². The second kappa shape index (κ2) is 9.66. The van der Waals surface area contributed by atoms with Gasteiger partial charge in [0.25, 0.3) is 5.91 Å². The summed E-state index contributed by atoms with van der Waals surface area (Å²) in [5.41, 5.74) is 6.10. The van der Waals surface area contributed by atoms with Crippen LogP contribution in [0.15, 0.2) is 72.8 Å². The maximum Gasteiger partial charge on any atom is 0.343 e. The lowest BCUT2D eigenvalue weighted by Gasteiger charge is -2.41. The SMILES string of the molecule is COc1cc(OC(=O)c2cccc(C)c2)ccc1-c1ccc2c3c1CN(c1cc(F)ccc1C)N3C(=O)C(C)(C)N2. The Morgan fingerprint density at radius 2 is 1.76 bits per heavy atom. The molecule has 0 atom stereocenters. The van der Waals surface area contributed by atoms with E-state index >= 15 is 0 Å². The summed E-state index contributed by atoms with van der Waals surface area (Å²) in [4.78, 5) is 26.5. The number of carbonyl (C=O) groups is 2. The van der Waals surface area contributed by atoms with Crippen molar-refractivity contribution in [1.82, 2.24) is 0 Å². The van der Waals surface area contributed by atoms with Gasteiger partial charge in [0, 0.05) is 17.2 Å². The Bertz CT molecular complexity index is 1730. The Hall–Kier alpha value is -4.85. The highest BCUT2D eigenvalue weighted by atomic mass is 19.1. The lowest BCUT2D eigenvalue weighted by molar-refractivity contribution is -0.122. The molecule has 0 aliphatic carbocycles. The maximum absolute atomic E-state index is 14.4. The minimum absolute atomic E-state index is 0.144. The second-order valence-electron chi connectivity index (χ2n) is 11.0. The molecule has 6 rings (SSSR count). The number of hydrazine groups is 1. The molecule has 2 heterocycles. The van der Waals surface area contributed by atoms with Crippen molar-refractivity contribution < 1.29 is 23.5 Å². The standard InChI is InChI=1S/C33H30FN3O4/c1-19-7-6-8-21(15-19)31(38)41-23-11-12-25(29(17-23)40-5)24-13-14-27-30-26(24)18-36(28-16-22(34)10-9-20(28)2)37(30)32(39)33(3,4)35-27/h6-17,35H,18H2,1-5H3. The molecule has 208 valence electrons. The third-order valence-corrected chi connectivity index (χ3v) is 7.59. The van der Waals surface area contributed by atoms with Crippen LogP contribution in [0.4, 0.5) is 21.5 Å². The number of esters is 1. The average Bonchev–Trinajstić information content (AvgIpc) is 3.34. The number of ether oxygens (including phenoxy) is 2. The number of aryl methyl sites for hydroxylation is 2. The summed E-state index contributed by atoms with van der Waals surface area (Å²) in [6, 6.07) is 21.0. The molecule has 4 aromatic carbocycles. The van der Waals surface area contributed by atoms with Crippen molar-refractivity contribution in [1.29, 1.82) is 0 Å². The van der Waals surface area contributed by atoms with Crippen LogP contribution in [0, 0.1) is 19.7 Å². The number of hydrogen-bond acceptors (Lipinski definition) is 6. The van der Waals surface area contributed by atoms with Gasteiger partial charge in [0.05, 0.1) is 36.3 Å². The van der Waals surface area contributed by atoms with Gasteiger partial charge in [-0.3, -0.25) is 9.80 Å². The molecule has 2 aliphatic rings. The summed E-state index contributed by atoms with van der Waals surface area (Å²) in [7, 11) is 1.56. The van der Waals surface area contributed by atoms with Crippen LogP contribution in [0.5, 0.6) is 11.5 Å². The van der Waals surface area contributed by atoms with Crippen molar-refractivity contribution in [2.24, 2.45) is 0 Å². The number of benzene rings is 4. The molecule has 0 bridgehead atoms. The maximum atomic E-state index is 14.4. The van der Waals surface area contributed by atoms with E-state index in [1.807, 2.05) is 63.0 Å². The zero-order valence-corrected chi connectivity index (χ0v) is 23.5. The lowest BCUT2D eigenvalue weighted by Crippen LogP contribution is -2.57. The van der Waals surface area contributed by atoms with Gasteiger partial charge in [-0.2, -0.15) is 0 Å². The third kappa shape index (κ3) is 4.45. The number of carbonyl (C=O) groups excluding carboxylic acids is 2. The first-order chi connectivity index (χ1) is 19.6. The Morgan fingerprint density at radius 3 is 2.51 bits per heavy atom. The highest BCUT2D eigenvalue weighted by molar-refractivity contribution is 6.12. The quantitative estimate of drug-likeness (QED) is 0.217. The number of nitrogens with one attached hydrogen (secondary N) is 1. The fourth-order valence-electron chi connectivity index (χ4n) is 5.55. The molecule has 41 heavy (non-hydrogen) atoms. The zero-order chi connectivity index (χ0) is 29.1. The molecule has 0 spiro atoms. The van der Waals surface area contributed by atoms with Gasteiger partial charge >= 0.3 is 5.97 Å². The van der Waals surface area contributed by atoms with Gasteiger partial charge in [0.1, 0.15) is 22.9 Å². The first kappa shape index (κ1) is 26.4. The van der Waals surface area contributed by atoms with E-state index in [2.05, 4.69) is 5.32 Å². The molecule has 0 fully saturated rings. The molecule has 4 aromatic rings.